The molecule has 1 N–H and O–H groups in total. The fourth-order valence-corrected chi connectivity index (χ4v) is 3.19. The van der Waals surface area contributed by atoms with Crippen molar-refractivity contribution in [1.82, 2.24) is 4.40 Å². The lowest BCUT2D eigenvalue weighted by atomic mass is 10.0. The summed E-state index contributed by atoms with van der Waals surface area (Å²) in [5.74, 6) is -2.06. The number of hydrogen-bond acceptors (Lipinski definition) is 2. The average Bonchev–Trinajstić information content (AvgIpc) is 3.07. The molecule has 28 heavy (non-hydrogen) atoms. The topological polar surface area (TPSA) is 50.6 Å². The number of ketones is 1. The van der Waals surface area contributed by atoms with E-state index < -0.39 is 17.5 Å². The number of pyridine rings is 1. The molecule has 0 aliphatic rings. The third kappa shape index (κ3) is 3.40. The van der Waals surface area contributed by atoms with E-state index in [4.69, 9.17) is 11.6 Å². The van der Waals surface area contributed by atoms with Crippen LogP contribution in [0.2, 0.25) is 5.02 Å². The van der Waals surface area contributed by atoms with Gasteiger partial charge in [0, 0.05) is 28.0 Å². The number of aromatic nitrogens is 1. The van der Waals surface area contributed by atoms with E-state index in [1.165, 1.54) is 18.2 Å². The van der Waals surface area contributed by atoms with Crippen LogP contribution in [0.1, 0.15) is 10.5 Å². The summed E-state index contributed by atoms with van der Waals surface area (Å²) in [4.78, 5) is 25.6. The molecule has 0 fully saturated rings. The minimum absolute atomic E-state index is 0.215. The van der Waals surface area contributed by atoms with Crippen LogP contribution in [0.25, 0.3) is 16.6 Å². The summed E-state index contributed by atoms with van der Waals surface area (Å²) in [5.41, 5.74) is 2.59. The maximum atomic E-state index is 13.4. The SMILES string of the molecule is O=C(Nc1cccc(F)c1)C(=O)c1c(-c2ccc(Cl)cc2)cc2ccccn12. The van der Waals surface area contributed by atoms with E-state index in [1.54, 1.807) is 40.9 Å². The standard InChI is InChI=1S/C22H14ClFN2O2/c23-15-9-7-14(8-10-15)19-13-18-6-1-2-11-26(18)20(19)21(27)22(28)25-17-5-3-4-16(24)12-17/h1-13H,(H,25,28). The van der Waals surface area contributed by atoms with Crippen LogP contribution in [0.15, 0.2) is 79.0 Å². The average molecular weight is 393 g/mol. The largest absolute Gasteiger partial charge is 0.319 e. The zero-order chi connectivity index (χ0) is 19.7. The lowest BCUT2D eigenvalue weighted by molar-refractivity contribution is -0.112. The maximum absolute atomic E-state index is 13.4. The third-order valence-electron chi connectivity index (χ3n) is 4.34. The first-order valence-electron chi connectivity index (χ1n) is 8.50. The molecule has 0 spiro atoms. The van der Waals surface area contributed by atoms with Crippen molar-refractivity contribution in [3.63, 3.8) is 0 Å². The van der Waals surface area contributed by atoms with Gasteiger partial charge < -0.3 is 9.72 Å². The number of carbonyl (C=O) groups is 2. The van der Waals surface area contributed by atoms with Crippen LogP contribution < -0.4 is 5.32 Å². The van der Waals surface area contributed by atoms with Gasteiger partial charge in [0.25, 0.3) is 11.7 Å². The maximum Gasteiger partial charge on any atom is 0.298 e. The van der Waals surface area contributed by atoms with E-state index in [9.17, 15) is 14.0 Å². The summed E-state index contributed by atoms with van der Waals surface area (Å²) in [6, 6.07) is 19.7. The summed E-state index contributed by atoms with van der Waals surface area (Å²) >= 11 is 5.97. The highest BCUT2D eigenvalue weighted by atomic mass is 35.5. The van der Waals surface area contributed by atoms with Crippen molar-refractivity contribution in [2.45, 2.75) is 0 Å². The minimum atomic E-state index is -0.843. The molecular weight excluding hydrogens is 379 g/mol. The first-order chi connectivity index (χ1) is 13.5. The zero-order valence-electron chi connectivity index (χ0n) is 14.5. The molecule has 0 aliphatic carbocycles. The Morgan fingerprint density at radius 3 is 2.46 bits per heavy atom. The van der Waals surface area contributed by atoms with Crippen molar-refractivity contribution in [2.24, 2.45) is 0 Å². The van der Waals surface area contributed by atoms with Crippen molar-refractivity contribution >= 4 is 34.5 Å². The number of rotatable bonds is 4. The number of benzene rings is 2. The second kappa shape index (κ2) is 7.29. The Hall–Kier alpha value is -3.44. The second-order valence-electron chi connectivity index (χ2n) is 6.20. The van der Waals surface area contributed by atoms with Gasteiger partial charge in [0.2, 0.25) is 0 Å². The first kappa shape index (κ1) is 17.9. The smallest absolute Gasteiger partial charge is 0.298 e. The number of halogens is 2. The van der Waals surface area contributed by atoms with E-state index in [0.717, 1.165) is 17.1 Å². The van der Waals surface area contributed by atoms with Gasteiger partial charge in [0.05, 0.1) is 0 Å². The number of anilines is 1. The van der Waals surface area contributed by atoms with Gasteiger partial charge >= 0.3 is 0 Å². The summed E-state index contributed by atoms with van der Waals surface area (Å²) < 4.78 is 15.0. The quantitative estimate of drug-likeness (QED) is 0.382. The van der Waals surface area contributed by atoms with Gasteiger partial charge in [0.1, 0.15) is 11.5 Å². The van der Waals surface area contributed by atoms with Crippen LogP contribution in [0.5, 0.6) is 0 Å². The summed E-state index contributed by atoms with van der Waals surface area (Å²) in [6.07, 6.45) is 1.72. The molecular formula is C22H14ClFN2O2. The van der Waals surface area contributed by atoms with Gasteiger partial charge in [-0.05, 0) is 54.1 Å². The van der Waals surface area contributed by atoms with Crippen LogP contribution in [0.4, 0.5) is 10.1 Å². The van der Waals surface area contributed by atoms with Crippen molar-refractivity contribution < 1.29 is 14.0 Å². The highest BCUT2D eigenvalue weighted by Crippen LogP contribution is 2.29. The number of hydrogen-bond donors (Lipinski definition) is 1. The Bertz CT molecular complexity index is 1200. The van der Waals surface area contributed by atoms with Crippen molar-refractivity contribution in [1.29, 1.82) is 0 Å². The molecule has 0 radical (unpaired) electrons. The Morgan fingerprint density at radius 2 is 1.71 bits per heavy atom. The molecule has 2 heterocycles. The molecule has 4 rings (SSSR count). The van der Waals surface area contributed by atoms with Crippen LogP contribution in [-0.2, 0) is 4.79 Å². The highest BCUT2D eigenvalue weighted by Gasteiger charge is 2.24. The lowest BCUT2D eigenvalue weighted by Crippen LogP contribution is -2.24. The number of nitrogens with one attached hydrogen (secondary N) is 1. The molecule has 2 aromatic carbocycles. The van der Waals surface area contributed by atoms with Gasteiger partial charge in [-0.25, -0.2) is 4.39 Å². The summed E-state index contributed by atoms with van der Waals surface area (Å²) in [7, 11) is 0. The predicted molar refractivity (Wildman–Crippen MR) is 107 cm³/mol. The van der Waals surface area contributed by atoms with Gasteiger partial charge in [-0.15, -0.1) is 0 Å². The number of nitrogens with zero attached hydrogens (tertiary/aromatic N) is 1. The number of carbonyl (C=O) groups excluding carboxylic acids is 2. The molecule has 0 saturated carbocycles. The molecule has 4 aromatic rings. The molecule has 0 bridgehead atoms. The summed E-state index contributed by atoms with van der Waals surface area (Å²) in [5, 5.41) is 3.03. The lowest BCUT2D eigenvalue weighted by Gasteiger charge is -2.08. The van der Waals surface area contributed by atoms with Crippen molar-refractivity contribution in [3.05, 3.63) is 95.5 Å². The molecule has 0 atom stereocenters. The molecule has 1 amide bonds. The van der Waals surface area contributed by atoms with Crippen LogP contribution in [-0.4, -0.2) is 16.1 Å². The summed E-state index contributed by atoms with van der Waals surface area (Å²) in [6.45, 7) is 0. The number of Topliss-reactive ketones (excluding diaryl/α,β-unsaturated/α-hetero) is 1. The molecule has 6 heteroatoms. The number of amides is 1. The number of fused-ring (bicyclic) bond motifs is 1. The van der Waals surface area contributed by atoms with Crippen LogP contribution >= 0.6 is 11.6 Å². The van der Waals surface area contributed by atoms with Gasteiger partial charge in [-0.1, -0.05) is 35.9 Å². The van der Waals surface area contributed by atoms with Crippen LogP contribution in [0, 0.1) is 5.82 Å². The van der Waals surface area contributed by atoms with E-state index in [1.807, 2.05) is 18.2 Å². The fourth-order valence-electron chi connectivity index (χ4n) is 3.07. The molecule has 2 aromatic heterocycles. The van der Waals surface area contributed by atoms with E-state index in [-0.39, 0.29) is 11.4 Å². The first-order valence-corrected chi connectivity index (χ1v) is 8.88. The third-order valence-corrected chi connectivity index (χ3v) is 4.59. The molecule has 0 aliphatic heterocycles. The van der Waals surface area contributed by atoms with Gasteiger partial charge in [-0.2, -0.15) is 0 Å². The van der Waals surface area contributed by atoms with Gasteiger partial charge in [-0.3, -0.25) is 9.59 Å². The van der Waals surface area contributed by atoms with E-state index in [0.29, 0.717) is 10.6 Å². The fraction of sp³-hybridized carbons (Fsp3) is 0. The Morgan fingerprint density at radius 1 is 0.929 bits per heavy atom. The monoisotopic (exact) mass is 392 g/mol. The zero-order valence-corrected chi connectivity index (χ0v) is 15.3. The molecule has 0 saturated heterocycles. The Balaban J connectivity index is 1.78. The van der Waals surface area contributed by atoms with Crippen molar-refractivity contribution in [2.75, 3.05) is 5.32 Å². The minimum Gasteiger partial charge on any atom is -0.319 e. The van der Waals surface area contributed by atoms with Gasteiger partial charge in [0.15, 0.2) is 0 Å². The molecule has 138 valence electrons. The Kier molecular flexibility index (Phi) is 4.67. The predicted octanol–water partition coefficient (Wildman–Crippen LogP) is 5.22. The molecule has 0 unspecified atom stereocenters. The van der Waals surface area contributed by atoms with E-state index >= 15 is 0 Å². The molecule has 4 nitrogen and oxygen atoms in total. The Labute approximate surface area is 165 Å². The second-order valence-corrected chi connectivity index (χ2v) is 6.64. The van der Waals surface area contributed by atoms with E-state index in [2.05, 4.69) is 5.32 Å². The highest BCUT2D eigenvalue weighted by molar-refractivity contribution is 6.47. The normalized spacial score (nSPS) is 10.8. The van der Waals surface area contributed by atoms with Crippen molar-refractivity contribution in [3.8, 4) is 11.1 Å². The van der Waals surface area contributed by atoms with Crippen LogP contribution in [0.3, 0.4) is 0 Å².